The maximum atomic E-state index is 5.24. The van der Waals surface area contributed by atoms with Crippen molar-refractivity contribution in [1.29, 1.82) is 0 Å². The Morgan fingerprint density at radius 3 is 2.48 bits per heavy atom. The van der Waals surface area contributed by atoms with E-state index in [0.717, 1.165) is 39.2 Å². The number of aromatic amines is 1. The normalized spacial score (nSPS) is 10.5. The Bertz CT molecular complexity index is 779. The van der Waals surface area contributed by atoms with Gasteiger partial charge >= 0.3 is 0 Å². The molecule has 0 amide bonds. The van der Waals surface area contributed by atoms with Crippen molar-refractivity contribution in [2.75, 3.05) is 12.9 Å². The van der Waals surface area contributed by atoms with Crippen LogP contribution in [-0.4, -0.2) is 22.8 Å². The molecule has 0 bridgehead atoms. The number of nitrogens with zero attached hydrogens (tertiary/aromatic N) is 1. The minimum atomic E-state index is 0.823. The number of hydrogen-bond donors (Lipinski definition) is 1. The summed E-state index contributed by atoms with van der Waals surface area (Å²) in [6, 6.07) is 18.2. The third-order valence-electron chi connectivity index (χ3n) is 3.45. The minimum Gasteiger partial charge on any atom is -0.497 e. The lowest BCUT2D eigenvalue weighted by Gasteiger charge is -2.04. The molecule has 0 saturated heterocycles. The zero-order valence-electron chi connectivity index (χ0n) is 13.0. The van der Waals surface area contributed by atoms with Crippen molar-refractivity contribution in [1.82, 2.24) is 9.97 Å². The molecule has 0 saturated carbocycles. The van der Waals surface area contributed by atoms with Gasteiger partial charge < -0.3 is 9.72 Å². The molecule has 0 radical (unpaired) electrons. The van der Waals surface area contributed by atoms with E-state index in [1.807, 2.05) is 48.5 Å². The molecule has 23 heavy (non-hydrogen) atoms. The smallest absolute Gasteiger partial charge is 0.166 e. The number of aromatic nitrogens is 2. The lowest BCUT2D eigenvalue weighted by Crippen LogP contribution is -1.85. The highest BCUT2D eigenvalue weighted by atomic mass is 32.2. The highest BCUT2D eigenvalue weighted by molar-refractivity contribution is 7.99. The van der Waals surface area contributed by atoms with E-state index in [2.05, 4.69) is 23.7 Å². The van der Waals surface area contributed by atoms with Crippen LogP contribution in [0.2, 0.25) is 0 Å². The standard InChI is InChI=1S/C19H18N2OS/c1-3-13-23-19-20-17(14-7-5-4-6-8-14)18(21-19)15-9-11-16(22-2)12-10-15/h3-12H,1,13H2,2H3,(H,20,21). The van der Waals surface area contributed by atoms with E-state index in [9.17, 15) is 0 Å². The number of hydrogen-bond acceptors (Lipinski definition) is 3. The maximum absolute atomic E-state index is 5.24. The molecule has 3 aromatic rings. The van der Waals surface area contributed by atoms with Gasteiger partial charge in [-0.1, -0.05) is 48.2 Å². The summed E-state index contributed by atoms with van der Waals surface area (Å²) in [7, 11) is 1.67. The van der Waals surface area contributed by atoms with Crippen LogP contribution in [-0.2, 0) is 0 Å². The van der Waals surface area contributed by atoms with Crippen molar-refractivity contribution >= 4 is 11.8 Å². The average Bonchev–Trinajstić information content (AvgIpc) is 3.05. The quantitative estimate of drug-likeness (QED) is 0.511. The number of thioether (sulfide) groups is 1. The molecule has 0 aliphatic carbocycles. The summed E-state index contributed by atoms with van der Waals surface area (Å²) in [5.41, 5.74) is 4.16. The van der Waals surface area contributed by atoms with E-state index in [1.54, 1.807) is 18.9 Å². The fourth-order valence-corrected chi connectivity index (χ4v) is 2.94. The van der Waals surface area contributed by atoms with Crippen LogP contribution in [0.15, 0.2) is 72.4 Å². The summed E-state index contributed by atoms with van der Waals surface area (Å²) in [5, 5.41) is 0.898. The first-order chi connectivity index (χ1) is 11.3. The summed E-state index contributed by atoms with van der Waals surface area (Å²) in [6.45, 7) is 3.76. The molecule has 1 N–H and O–H groups in total. The fourth-order valence-electron chi connectivity index (χ4n) is 2.33. The number of imidazole rings is 1. The zero-order valence-corrected chi connectivity index (χ0v) is 13.8. The summed E-state index contributed by atoms with van der Waals surface area (Å²) >= 11 is 1.64. The molecule has 2 aromatic carbocycles. The first-order valence-corrected chi connectivity index (χ1v) is 8.34. The number of methoxy groups -OCH3 is 1. The fraction of sp³-hybridized carbons (Fsp3) is 0.105. The van der Waals surface area contributed by atoms with Gasteiger partial charge in [-0.25, -0.2) is 4.98 Å². The van der Waals surface area contributed by atoms with E-state index < -0.39 is 0 Å². The number of rotatable bonds is 6. The molecule has 0 fully saturated rings. The second-order valence-electron chi connectivity index (χ2n) is 4.96. The molecule has 0 spiro atoms. The topological polar surface area (TPSA) is 37.9 Å². The Labute approximate surface area is 140 Å². The maximum Gasteiger partial charge on any atom is 0.166 e. The molecule has 1 aromatic heterocycles. The van der Waals surface area contributed by atoms with Crippen LogP contribution in [0.4, 0.5) is 0 Å². The van der Waals surface area contributed by atoms with Crippen molar-refractivity contribution in [2.45, 2.75) is 5.16 Å². The van der Waals surface area contributed by atoms with Crippen molar-refractivity contribution < 1.29 is 4.74 Å². The van der Waals surface area contributed by atoms with Gasteiger partial charge in [0.15, 0.2) is 5.16 Å². The molecule has 0 aliphatic heterocycles. The van der Waals surface area contributed by atoms with Crippen molar-refractivity contribution in [3.05, 3.63) is 67.3 Å². The summed E-state index contributed by atoms with van der Waals surface area (Å²) < 4.78 is 5.24. The Morgan fingerprint density at radius 1 is 1.09 bits per heavy atom. The minimum absolute atomic E-state index is 0.823. The van der Waals surface area contributed by atoms with Crippen LogP contribution in [0.25, 0.3) is 22.5 Å². The average molecular weight is 322 g/mol. The van der Waals surface area contributed by atoms with Crippen LogP contribution in [0.5, 0.6) is 5.75 Å². The predicted molar refractivity (Wildman–Crippen MR) is 96.9 cm³/mol. The Morgan fingerprint density at radius 2 is 1.83 bits per heavy atom. The Kier molecular flexibility index (Phi) is 4.83. The monoisotopic (exact) mass is 322 g/mol. The number of H-pyrrole nitrogens is 1. The van der Waals surface area contributed by atoms with Gasteiger partial charge in [-0.05, 0) is 24.3 Å². The van der Waals surface area contributed by atoms with Crippen molar-refractivity contribution in [2.24, 2.45) is 0 Å². The first kappa shape index (κ1) is 15.4. The van der Waals surface area contributed by atoms with Crippen LogP contribution >= 0.6 is 11.8 Å². The largest absolute Gasteiger partial charge is 0.497 e. The van der Waals surface area contributed by atoms with Crippen LogP contribution in [0, 0.1) is 0 Å². The first-order valence-electron chi connectivity index (χ1n) is 7.35. The third-order valence-corrected chi connectivity index (χ3v) is 4.32. The van der Waals surface area contributed by atoms with Gasteiger partial charge in [0.05, 0.1) is 18.5 Å². The molecular weight excluding hydrogens is 304 g/mol. The SMILES string of the molecule is C=CCSc1nc(-c2ccccc2)c(-c2ccc(OC)cc2)[nH]1. The molecular formula is C19H18N2OS. The van der Waals surface area contributed by atoms with Gasteiger partial charge in [0.2, 0.25) is 0 Å². The summed E-state index contributed by atoms with van der Waals surface area (Å²) in [5.74, 6) is 1.67. The molecule has 3 rings (SSSR count). The van der Waals surface area contributed by atoms with E-state index in [-0.39, 0.29) is 0 Å². The highest BCUT2D eigenvalue weighted by Crippen LogP contribution is 2.33. The molecule has 0 atom stereocenters. The Balaban J connectivity index is 2.05. The highest BCUT2D eigenvalue weighted by Gasteiger charge is 2.14. The van der Waals surface area contributed by atoms with Crippen LogP contribution in [0.1, 0.15) is 0 Å². The van der Waals surface area contributed by atoms with Gasteiger partial charge in [-0.15, -0.1) is 6.58 Å². The van der Waals surface area contributed by atoms with Crippen LogP contribution < -0.4 is 4.74 Å². The molecule has 0 aliphatic rings. The predicted octanol–water partition coefficient (Wildman–Crippen LogP) is 5.03. The zero-order chi connectivity index (χ0) is 16.1. The van der Waals surface area contributed by atoms with Gasteiger partial charge in [0, 0.05) is 16.9 Å². The molecule has 0 unspecified atom stereocenters. The van der Waals surface area contributed by atoms with E-state index in [1.165, 1.54) is 0 Å². The number of benzene rings is 2. The lowest BCUT2D eigenvalue weighted by molar-refractivity contribution is 0.415. The number of ether oxygens (including phenoxy) is 1. The third kappa shape index (κ3) is 3.48. The lowest BCUT2D eigenvalue weighted by atomic mass is 10.1. The Hall–Kier alpha value is -2.46. The summed E-state index contributed by atoms with van der Waals surface area (Å²) in [4.78, 5) is 8.20. The van der Waals surface area contributed by atoms with Gasteiger partial charge in [-0.2, -0.15) is 0 Å². The van der Waals surface area contributed by atoms with Gasteiger partial charge in [0.25, 0.3) is 0 Å². The second-order valence-corrected chi connectivity index (χ2v) is 5.97. The molecule has 116 valence electrons. The van der Waals surface area contributed by atoms with Crippen molar-refractivity contribution in [3.63, 3.8) is 0 Å². The molecule has 4 heteroatoms. The van der Waals surface area contributed by atoms with E-state index in [4.69, 9.17) is 9.72 Å². The number of nitrogens with one attached hydrogen (secondary N) is 1. The van der Waals surface area contributed by atoms with Crippen molar-refractivity contribution in [3.8, 4) is 28.3 Å². The summed E-state index contributed by atoms with van der Waals surface area (Å²) in [6.07, 6.45) is 1.88. The van der Waals surface area contributed by atoms with Gasteiger partial charge in [-0.3, -0.25) is 0 Å². The van der Waals surface area contributed by atoms with E-state index >= 15 is 0 Å². The second kappa shape index (κ2) is 7.20. The molecule has 1 heterocycles. The molecule has 3 nitrogen and oxygen atoms in total. The van der Waals surface area contributed by atoms with Gasteiger partial charge in [0.1, 0.15) is 5.75 Å². The van der Waals surface area contributed by atoms with E-state index in [0.29, 0.717) is 0 Å². The van der Waals surface area contributed by atoms with Crippen LogP contribution in [0.3, 0.4) is 0 Å².